The van der Waals surface area contributed by atoms with Gasteiger partial charge in [0.2, 0.25) is 5.91 Å². The maximum atomic E-state index is 13.5. The minimum absolute atomic E-state index is 0.101. The van der Waals surface area contributed by atoms with Gasteiger partial charge in [0.05, 0.1) is 18.7 Å². The summed E-state index contributed by atoms with van der Waals surface area (Å²) in [6, 6.07) is 12.2. The molecule has 0 fully saturated rings. The number of hydrogen-bond acceptors (Lipinski definition) is 3. The lowest BCUT2D eigenvalue weighted by molar-refractivity contribution is -0.120. The van der Waals surface area contributed by atoms with Crippen molar-refractivity contribution in [2.24, 2.45) is 0 Å². The van der Waals surface area contributed by atoms with Crippen molar-refractivity contribution in [3.63, 3.8) is 0 Å². The molecule has 0 unspecified atom stereocenters. The average Bonchev–Trinajstić information content (AvgIpc) is 2.59. The summed E-state index contributed by atoms with van der Waals surface area (Å²) in [6.07, 6.45) is 0.241. The molecule has 7 heteroatoms. The summed E-state index contributed by atoms with van der Waals surface area (Å²) in [6.45, 7) is 0.927. The Bertz CT molecular complexity index is 720. The number of para-hydroxylation sites is 1. The number of hydrogen-bond donors (Lipinski definition) is 3. The topological polar surface area (TPSA) is 79.5 Å². The molecule has 0 saturated heterocycles. The number of carbonyl (C=O) groups is 2. The predicted octanol–water partition coefficient (Wildman–Crippen LogP) is 2.77. The van der Waals surface area contributed by atoms with Gasteiger partial charge in [-0.3, -0.25) is 4.79 Å². The molecule has 0 heterocycles. The van der Waals surface area contributed by atoms with Crippen LogP contribution in [0.4, 0.5) is 20.6 Å². The molecule has 0 atom stereocenters. The Balaban J connectivity index is 1.84. The van der Waals surface area contributed by atoms with Crippen LogP contribution in [0.3, 0.4) is 0 Å². The van der Waals surface area contributed by atoms with E-state index in [0.717, 1.165) is 5.56 Å². The van der Waals surface area contributed by atoms with Crippen molar-refractivity contribution >= 4 is 23.3 Å². The van der Waals surface area contributed by atoms with Gasteiger partial charge in [0.15, 0.2) is 0 Å². The smallest absolute Gasteiger partial charge is 0.323 e. The normalized spacial score (nSPS) is 10.2. The molecule has 2 rings (SSSR count). The molecule has 3 amide bonds. The molecular formula is C18H20FN3O3. The second-order valence-corrected chi connectivity index (χ2v) is 5.28. The van der Waals surface area contributed by atoms with Crippen molar-refractivity contribution in [3.8, 4) is 0 Å². The first-order chi connectivity index (χ1) is 12.1. The highest BCUT2D eigenvalue weighted by Gasteiger charge is 2.07. The molecule has 0 aliphatic rings. The van der Waals surface area contributed by atoms with Crippen molar-refractivity contribution in [1.29, 1.82) is 0 Å². The Morgan fingerprint density at radius 3 is 2.44 bits per heavy atom. The van der Waals surface area contributed by atoms with Gasteiger partial charge in [-0.1, -0.05) is 24.3 Å². The minimum atomic E-state index is -0.546. The van der Waals surface area contributed by atoms with E-state index in [1.54, 1.807) is 43.5 Å². The van der Waals surface area contributed by atoms with Gasteiger partial charge in [0.25, 0.3) is 0 Å². The number of anilines is 2. The highest BCUT2D eigenvalue weighted by Crippen LogP contribution is 2.14. The summed E-state index contributed by atoms with van der Waals surface area (Å²) in [4.78, 5) is 23.6. The number of amides is 3. The second kappa shape index (κ2) is 9.39. The lowest BCUT2D eigenvalue weighted by Crippen LogP contribution is -2.28. The summed E-state index contributed by atoms with van der Waals surface area (Å²) >= 11 is 0. The van der Waals surface area contributed by atoms with Crippen LogP contribution in [0.1, 0.15) is 5.56 Å². The number of methoxy groups -OCH3 is 1. The second-order valence-electron chi connectivity index (χ2n) is 5.28. The van der Waals surface area contributed by atoms with Crippen molar-refractivity contribution in [2.75, 3.05) is 30.9 Å². The quantitative estimate of drug-likeness (QED) is 0.675. The molecule has 0 aromatic heterocycles. The summed E-state index contributed by atoms with van der Waals surface area (Å²) < 4.78 is 18.3. The van der Waals surface area contributed by atoms with Crippen LogP contribution in [0.2, 0.25) is 0 Å². The lowest BCUT2D eigenvalue weighted by atomic mass is 10.1. The van der Waals surface area contributed by atoms with Gasteiger partial charge in [-0.25, -0.2) is 9.18 Å². The Morgan fingerprint density at radius 1 is 1.04 bits per heavy atom. The van der Waals surface area contributed by atoms with E-state index in [9.17, 15) is 14.0 Å². The molecule has 132 valence electrons. The van der Waals surface area contributed by atoms with Gasteiger partial charge in [0.1, 0.15) is 5.82 Å². The SMILES string of the molecule is COCCNC(=O)Cc1ccc(NC(=O)Nc2ccccc2F)cc1. The molecule has 0 spiro atoms. The lowest BCUT2D eigenvalue weighted by Gasteiger charge is -2.09. The van der Waals surface area contributed by atoms with Crippen molar-refractivity contribution < 1.29 is 18.7 Å². The first kappa shape index (κ1) is 18.4. The first-order valence-electron chi connectivity index (χ1n) is 7.75. The standard InChI is InChI=1S/C18H20FN3O3/c1-25-11-10-20-17(23)12-13-6-8-14(9-7-13)21-18(24)22-16-5-3-2-4-15(16)19/h2-9H,10-12H2,1H3,(H,20,23)(H2,21,22,24). The van der Waals surface area contributed by atoms with Crippen LogP contribution in [0.5, 0.6) is 0 Å². The number of urea groups is 1. The molecule has 3 N–H and O–H groups in total. The van der Waals surface area contributed by atoms with Gasteiger partial charge < -0.3 is 20.7 Å². The third-order valence-electron chi connectivity index (χ3n) is 3.33. The van der Waals surface area contributed by atoms with Crippen LogP contribution in [0.25, 0.3) is 0 Å². The Morgan fingerprint density at radius 2 is 1.76 bits per heavy atom. The monoisotopic (exact) mass is 345 g/mol. The van der Waals surface area contributed by atoms with Crippen molar-refractivity contribution in [2.45, 2.75) is 6.42 Å². The van der Waals surface area contributed by atoms with Crippen LogP contribution < -0.4 is 16.0 Å². The largest absolute Gasteiger partial charge is 0.383 e. The third-order valence-corrected chi connectivity index (χ3v) is 3.33. The molecule has 0 radical (unpaired) electrons. The number of rotatable bonds is 7. The Hall–Kier alpha value is -2.93. The Labute approximate surface area is 145 Å². The fraction of sp³-hybridized carbons (Fsp3) is 0.222. The van der Waals surface area contributed by atoms with E-state index >= 15 is 0 Å². The van der Waals surface area contributed by atoms with Gasteiger partial charge in [-0.15, -0.1) is 0 Å². The molecule has 2 aromatic carbocycles. The highest BCUT2D eigenvalue weighted by molar-refractivity contribution is 5.99. The first-order valence-corrected chi connectivity index (χ1v) is 7.75. The number of ether oxygens (including phenoxy) is 1. The summed E-state index contributed by atoms with van der Waals surface area (Å²) in [5, 5.41) is 7.77. The van der Waals surface area contributed by atoms with E-state index in [2.05, 4.69) is 16.0 Å². The van der Waals surface area contributed by atoms with Crippen molar-refractivity contribution in [1.82, 2.24) is 5.32 Å². The molecule has 6 nitrogen and oxygen atoms in total. The van der Waals surface area contributed by atoms with Crippen molar-refractivity contribution in [3.05, 3.63) is 59.9 Å². The average molecular weight is 345 g/mol. The zero-order valence-corrected chi connectivity index (χ0v) is 13.8. The van der Waals surface area contributed by atoms with E-state index in [0.29, 0.717) is 18.8 Å². The van der Waals surface area contributed by atoms with Gasteiger partial charge >= 0.3 is 6.03 Å². The number of nitrogens with one attached hydrogen (secondary N) is 3. The molecule has 0 aliphatic heterocycles. The van der Waals surface area contributed by atoms with Gasteiger partial charge in [-0.2, -0.15) is 0 Å². The van der Waals surface area contributed by atoms with Crippen LogP contribution >= 0.6 is 0 Å². The van der Waals surface area contributed by atoms with Gasteiger partial charge in [0, 0.05) is 19.3 Å². The maximum absolute atomic E-state index is 13.5. The highest BCUT2D eigenvalue weighted by atomic mass is 19.1. The van der Waals surface area contributed by atoms with Crippen LogP contribution in [0.15, 0.2) is 48.5 Å². The van der Waals surface area contributed by atoms with E-state index in [-0.39, 0.29) is 18.0 Å². The fourth-order valence-electron chi connectivity index (χ4n) is 2.09. The summed E-state index contributed by atoms with van der Waals surface area (Å²) in [5.74, 6) is -0.609. The van der Waals surface area contributed by atoms with Gasteiger partial charge in [-0.05, 0) is 29.8 Å². The molecule has 2 aromatic rings. The van der Waals surface area contributed by atoms with E-state index in [1.165, 1.54) is 12.1 Å². The molecule has 0 aliphatic carbocycles. The fourth-order valence-corrected chi connectivity index (χ4v) is 2.09. The number of halogens is 1. The Kier molecular flexibility index (Phi) is 6.91. The number of benzene rings is 2. The predicted molar refractivity (Wildman–Crippen MR) is 94.1 cm³/mol. The molecule has 0 bridgehead atoms. The van der Waals surface area contributed by atoms with E-state index in [1.807, 2.05) is 0 Å². The molecule has 0 saturated carbocycles. The van der Waals surface area contributed by atoms with Crippen LogP contribution in [0, 0.1) is 5.82 Å². The molecular weight excluding hydrogens is 325 g/mol. The van der Waals surface area contributed by atoms with E-state index < -0.39 is 11.8 Å². The van der Waals surface area contributed by atoms with Crippen LogP contribution in [-0.2, 0) is 16.0 Å². The zero-order chi connectivity index (χ0) is 18.1. The van der Waals surface area contributed by atoms with E-state index in [4.69, 9.17) is 4.74 Å². The van der Waals surface area contributed by atoms with Crippen LogP contribution in [-0.4, -0.2) is 32.2 Å². The number of carbonyl (C=O) groups excluding carboxylic acids is 2. The molecule has 25 heavy (non-hydrogen) atoms. The summed E-state index contributed by atoms with van der Waals surface area (Å²) in [5.41, 5.74) is 1.46. The zero-order valence-electron chi connectivity index (χ0n) is 13.8. The minimum Gasteiger partial charge on any atom is -0.383 e. The third kappa shape index (κ3) is 6.23. The summed E-state index contributed by atoms with van der Waals surface area (Å²) in [7, 11) is 1.57. The maximum Gasteiger partial charge on any atom is 0.323 e.